The molecule has 268 valence electrons. The summed E-state index contributed by atoms with van der Waals surface area (Å²) in [5.74, 6) is -1.56. The van der Waals surface area contributed by atoms with Gasteiger partial charge in [-0.1, -0.05) is 79.9 Å². The number of likely N-dealkylation sites (tertiary alicyclic amines) is 1. The van der Waals surface area contributed by atoms with Crippen molar-refractivity contribution in [1.82, 2.24) is 14.5 Å². The van der Waals surface area contributed by atoms with Gasteiger partial charge in [-0.25, -0.2) is 13.2 Å². The van der Waals surface area contributed by atoms with Crippen LogP contribution >= 0.6 is 0 Å². The molecular weight excluding hydrogens is 658 g/mol. The van der Waals surface area contributed by atoms with Gasteiger partial charge < -0.3 is 24.8 Å². The van der Waals surface area contributed by atoms with E-state index >= 15 is 0 Å². The number of carbonyl (C=O) groups is 3. The summed E-state index contributed by atoms with van der Waals surface area (Å²) >= 11 is 0. The number of sulfonamides is 1. The van der Waals surface area contributed by atoms with Crippen LogP contribution in [0.25, 0.3) is 0 Å². The van der Waals surface area contributed by atoms with E-state index < -0.39 is 40.0 Å². The lowest BCUT2D eigenvalue weighted by Crippen LogP contribution is -2.55. The Morgan fingerprint density at radius 1 is 0.940 bits per heavy atom. The third kappa shape index (κ3) is 9.49. The molecule has 1 aliphatic heterocycles. The van der Waals surface area contributed by atoms with Gasteiger partial charge in [-0.2, -0.15) is 4.31 Å². The highest BCUT2D eigenvalue weighted by Gasteiger charge is 2.48. The quantitative estimate of drug-likeness (QED) is 0.175. The molecule has 0 spiro atoms. The van der Waals surface area contributed by atoms with Crippen molar-refractivity contribution in [2.45, 2.75) is 81.0 Å². The summed E-state index contributed by atoms with van der Waals surface area (Å²) < 4.78 is 40.7. The second kappa shape index (κ2) is 17.6. The van der Waals surface area contributed by atoms with E-state index in [1.165, 1.54) is 40.6 Å². The van der Waals surface area contributed by atoms with E-state index in [-0.39, 0.29) is 48.4 Å². The molecular formula is C38H47N3O8S. The molecule has 1 aliphatic carbocycles. The highest BCUT2D eigenvalue weighted by Crippen LogP contribution is 2.32. The van der Waals surface area contributed by atoms with Crippen LogP contribution in [0.15, 0.2) is 89.8 Å². The molecule has 0 aromatic heterocycles. The minimum absolute atomic E-state index is 0.0383. The van der Waals surface area contributed by atoms with Gasteiger partial charge in [0.05, 0.1) is 25.0 Å². The summed E-state index contributed by atoms with van der Waals surface area (Å²) in [7, 11) is -2.78. The molecule has 3 aromatic carbocycles. The number of esters is 1. The molecule has 2 aliphatic rings. The Kier molecular flexibility index (Phi) is 13.0. The molecule has 1 saturated heterocycles. The number of amides is 2. The lowest BCUT2D eigenvalue weighted by Gasteiger charge is -2.34. The molecule has 5 rings (SSSR count). The highest BCUT2D eigenvalue weighted by atomic mass is 32.2. The maximum Gasteiger partial charge on any atom is 0.328 e. The molecule has 2 fully saturated rings. The van der Waals surface area contributed by atoms with Gasteiger partial charge >= 0.3 is 5.97 Å². The van der Waals surface area contributed by atoms with E-state index in [0.717, 1.165) is 37.7 Å². The number of hydrogen-bond donors (Lipinski definition) is 2. The number of nitrogens with one attached hydrogen (secondary N) is 1. The highest BCUT2D eigenvalue weighted by molar-refractivity contribution is 7.89. The lowest BCUT2D eigenvalue weighted by molar-refractivity contribution is -0.152. The molecule has 11 nitrogen and oxygen atoms in total. The second-order valence-corrected chi connectivity index (χ2v) is 14.9. The van der Waals surface area contributed by atoms with Crippen molar-refractivity contribution in [1.29, 1.82) is 0 Å². The summed E-state index contributed by atoms with van der Waals surface area (Å²) in [6, 6.07) is 21.6. The lowest BCUT2D eigenvalue weighted by atomic mass is 9.83. The average molecular weight is 706 g/mol. The van der Waals surface area contributed by atoms with Crippen LogP contribution in [0.2, 0.25) is 0 Å². The monoisotopic (exact) mass is 705 g/mol. The number of carbonyl (C=O) groups excluding carboxylic acids is 3. The normalized spacial score (nSPS) is 18.9. The van der Waals surface area contributed by atoms with Crippen molar-refractivity contribution >= 4 is 27.8 Å². The first-order valence-corrected chi connectivity index (χ1v) is 18.8. The van der Waals surface area contributed by atoms with Gasteiger partial charge in [-0.3, -0.25) is 9.59 Å². The van der Waals surface area contributed by atoms with E-state index in [4.69, 9.17) is 9.47 Å². The summed E-state index contributed by atoms with van der Waals surface area (Å²) in [6.07, 6.45) is 4.73. The minimum Gasteiger partial charge on any atom is -0.508 e. The predicted octanol–water partition coefficient (Wildman–Crippen LogP) is 4.44. The van der Waals surface area contributed by atoms with Gasteiger partial charge in [-0.05, 0) is 67.0 Å². The van der Waals surface area contributed by atoms with Crippen LogP contribution in [0, 0.1) is 5.92 Å². The molecule has 3 aromatic rings. The van der Waals surface area contributed by atoms with Gasteiger partial charge in [-0.15, -0.1) is 0 Å². The molecule has 1 heterocycles. The molecule has 0 unspecified atom stereocenters. The number of nitrogens with zero attached hydrogens (tertiary/aromatic N) is 2. The average Bonchev–Trinajstić information content (AvgIpc) is 3.57. The Hall–Kier alpha value is -4.26. The smallest absolute Gasteiger partial charge is 0.328 e. The first kappa shape index (κ1) is 37.0. The topological polar surface area (TPSA) is 143 Å². The van der Waals surface area contributed by atoms with Crippen LogP contribution in [-0.2, 0) is 46.9 Å². The number of hydrogen-bond acceptors (Lipinski definition) is 8. The minimum atomic E-state index is -4.03. The number of ether oxygens (including phenoxy) is 2. The molecule has 2 N–H and O–H groups in total. The Morgan fingerprint density at radius 3 is 2.30 bits per heavy atom. The molecule has 3 atom stereocenters. The molecule has 0 radical (unpaired) electrons. The second-order valence-electron chi connectivity index (χ2n) is 13.0. The van der Waals surface area contributed by atoms with Crippen molar-refractivity contribution in [2.24, 2.45) is 5.92 Å². The van der Waals surface area contributed by atoms with Gasteiger partial charge in [0.1, 0.15) is 17.8 Å². The van der Waals surface area contributed by atoms with E-state index in [1.807, 2.05) is 30.3 Å². The summed E-state index contributed by atoms with van der Waals surface area (Å²) in [6.45, 7) is 0.767. The maximum absolute atomic E-state index is 14.5. The predicted molar refractivity (Wildman–Crippen MR) is 187 cm³/mol. The summed E-state index contributed by atoms with van der Waals surface area (Å²) in [5, 5.41) is 12.8. The molecule has 2 amide bonds. The Morgan fingerprint density at radius 2 is 1.62 bits per heavy atom. The van der Waals surface area contributed by atoms with E-state index in [9.17, 15) is 27.9 Å². The van der Waals surface area contributed by atoms with Gasteiger partial charge in [0, 0.05) is 25.7 Å². The van der Waals surface area contributed by atoms with Crippen molar-refractivity contribution in [2.75, 3.05) is 26.8 Å². The van der Waals surface area contributed by atoms with Crippen LogP contribution in [0.3, 0.4) is 0 Å². The van der Waals surface area contributed by atoms with Crippen molar-refractivity contribution in [3.05, 3.63) is 96.1 Å². The molecule has 50 heavy (non-hydrogen) atoms. The van der Waals surface area contributed by atoms with Crippen LogP contribution in [-0.4, -0.2) is 85.4 Å². The van der Waals surface area contributed by atoms with E-state index in [2.05, 4.69) is 5.32 Å². The van der Waals surface area contributed by atoms with Crippen LogP contribution in [0.1, 0.15) is 56.1 Å². The van der Waals surface area contributed by atoms with Crippen LogP contribution in [0.4, 0.5) is 0 Å². The number of methoxy groups -OCH3 is 1. The van der Waals surface area contributed by atoms with Crippen molar-refractivity contribution < 1.29 is 37.4 Å². The fourth-order valence-electron chi connectivity index (χ4n) is 7.04. The Bertz CT molecular complexity index is 1680. The fraction of sp³-hybridized carbons (Fsp3) is 0.447. The van der Waals surface area contributed by atoms with Crippen LogP contribution < -0.4 is 5.32 Å². The zero-order valence-corrected chi connectivity index (χ0v) is 29.3. The zero-order valence-electron chi connectivity index (χ0n) is 28.5. The van der Waals surface area contributed by atoms with Crippen LogP contribution in [0.5, 0.6) is 5.75 Å². The molecule has 1 saturated carbocycles. The zero-order chi connectivity index (χ0) is 35.5. The Balaban J connectivity index is 1.37. The number of rotatable bonds is 15. The molecule has 12 heteroatoms. The number of phenols is 1. The number of benzene rings is 3. The van der Waals surface area contributed by atoms with E-state index in [1.54, 1.807) is 30.3 Å². The Labute approximate surface area is 294 Å². The first-order chi connectivity index (χ1) is 24.2. The summed E-state index contributed by atoms with van der Waals surface area (Å²) in [4.78, 5) is 42.6. The molecule has 0 bridgehead atoms. The van der Waals surface area contributed by atoms with Gasteiger partial charge in [0.2, 0.25) is 21.8 Å². The number of phenolic OH excluding ortho intramolecular Hbond substituents is 1. The van der Waals surface area contributed by atoms with Crippen molar-refractivity contribution in [3.8, 4) is 5.75 Å². The largest absolute Gasteiger partial charge is 0.508 e. The van der Waals surface area contributed by atoms with Gasteiger partial charge in [0.25, 0.3) is 0 Å². The van der Waals surface area contributed by atoms with Crippen molar-refractivity contribution in [3.63, 3.8) is 0 Å². The fourth-order valence-corrected chi connectivity index (χ4v) is 8.73. The third-order valence-electron chi connectivity index (χ3n) is 9.55. The van der Waals surface area contributed by atoms with Gasteiger partial charge in [0.15, 0.2) is 0 Å². The number of aromatic hydroxyl groups is 1. The first-order valence-electron chi connectivity index (χ1n) is 17.3. The summed E-state index contributed by atoms with van der Waals surface area (Å²) in [5.41, 5.74) is 1.61. The standard InChI is InChI=1S/C38H47N3O8S/c1-48-38(45)34-25-31(41(50(46,47)33-19-9-4-10-20-33)21-12-22-49-27-28-13-5-2-6-14-28)26-40(34)37(44)36(30-16-7-3-8-17-30)39-35(43)24-29-15-11-18-32(42)23-29/h2,4-6,9-11,13-15,18-20,23,30-31,34,36,42H,3,7-8,12,16-17,21-22,24-27H2,1H3,(H,39,43)/t31-,34+,36+/m1/s1. The SMILES string of the molecule is COC(=O)[C@@H]1C[C@@H](N(CCCOCc2ccccc2)S(=O)(=O)c2ccccc2)CN1C(=O)[C@@H](NC(=O)Cc1cccc(O)c1)C1CCCCC1. The van der Waals surface area contributed by atoms with E-state index in [0.29, 0.717) is 25.2 Å². The third-order valence-corrected chi connectivity index (χ3v) is 11.5. The maximum atomic E-state index is 14.5.